The lowest BCUT2D eigenvalue weighted by Crippen LogP contribution is -2.44. The van der Waals surface area contributed by atoms with Crippen LogP contribution in [0.5, 0.6) is 5.75 Å². The number of fused-ring (bicyclic) bond motifs is 1. The van der Waals surface area contributed by atoms with Crippen molar-refractivity contribution in [3.8, 4) is 16.9 Å². The summed E-state index contributed by atoms with van der Waals surface area (Å²) in [7, 11) is 3.57. The molecule has 0 spiro atoms. The quantitative estimate of drug-likeness (QED) is 0.222. The molecular weight excluding hydrogens is 584 g/mol. The second kappa shape index (κ2) is 13.2. The van der Waals surface area contributed by atoms with Gasteiger partial charge < -0.3 is 20.7 Å². The molecule has 1 aliphatic rings. The number of thiophene rings is 1. The van der Waals surface area contributed by atoms with Gasteiger partial charge in [-0.05, 0) is 80.3 Å². The molecule has 0 aliphatic heterocycles. The molecule has 4 aromatic rings. The van der Waals surface area contributed by atoms with E-state index < -0.39 is 11.7 Å². The van der Waals surface area contributed by atoms with Crippen LogP contribution in [0.4, 0.5) is 4.39 Å². The molecule has 0 atom stereocenters. The van der Waals surface area contributed by atoms with E-state index in [-0.39, 0.29) is 34.8 Å². The topological polar surface area (TPSA) is 84.7 Å². The Morgan fingerprint density at radius 3 is 2.37 bits per heavy atom. The summed E-state index contributed by atoms with van der Waals surface area (Å²) in [5.74, 6) is -0.469. The van der Waals surface area contributed by atoms with E-state index in [4.69, 9.17) is 22.1 Å². The minimum absolute atomic E-state index is 0. The number of hydrogen-bond donors (Lipinski definition) is 2. The van der Waals surface area contributed by atoms with Crippen LogP contribution in [-0.2, 0) is 6.54 Å². The number of carbonyl (C=O) groups excluding carboxylic acids is 2. The van der Waals surface area contributed by atoms with Crippen molar-refractivity contribution < 1.29 is 18.7 Å². The molecule has 1 saturated carbocycles. The van der Waals surface area contributed by atoms with Crippen LogP contribution in [0.1, 0.15) is 51.3 Å². The average molecular weight is 617 g/mol. The van der Waals surface area contributed by atoms with E-state index in [9.17, 15) is 14.0 Å². The number of nitrogens with one attached hydrogen (secondary N) is 1. The van der Waals surface area contributed by atoms with Crippen molar-refractivity contribution in [3.63, 3.8) is 0 Å². The number of ether oxygens (including phenoxy) is 1. The van der Waals surface area contributed by atoms with Gasteiger partial charge in [0.15, 0.2) is 0 Å². The average Bonchev–Trinajstić information content (AvgIpc) is 3.32. The molecule has 41 heavy (non-hydrogen) atoms. The summed E-state index contributed by atoms with van der Waals surface area (Å²) in [6, 6.07) is 18.1. The number of nitrogens with two attached hydrogens (primary N) is 1. The molecular formula is C31H32Cl2FN3O3S. The first-order valence-electron chi connectivity index (χ1n) is 13.2. The monoisotopic (exact) mass is 615 g/mol. The maximum Gasteiger partial charge on any atom is 0.266 e. The summed E-state index contributed by atoms with van der Waals surface area (Å²) < 4.78 is 21.0. The minimum Gasteiger partial charge on any atom is -0.496 e. The molecule has 3 aromatic carbocycles. The third kappa shape index (κ3) is 6.36. The SMILES string of the molecule is CNC1CCC(N(Cc2cc(-c3ccc(C(N)=O)cc3)ccc2OC)C(=O)c2sc3cccc(F)c3c2Cl)CC1.Cl. The van der Waals surface area contributed by atoms with Gasteiger partial charge in [-0.1, -0.05) is 35.9 Å². The molecule has 2 amide bonds. The molecule has 1 aliphatic carbocycles. The van der Waals surface area contributed by atoms with Gasteiger partial charge in [0.2, 0.25) is 5.91 Å². The molecule has 0 radical (unpaired) electrons. The third-order valence-corrected chi connectivity index (χ3v) is 9.36. The van der Waals surface area contributed by atoms with Crippen molar-refractivity contribution in [1.29, 1.82) is 0 Å². The van der Waals surface area contributed by atoms with Crippen LogP contribution in [0.3, 0.4) is 0 Å². The summed E-state index contributed by atoms with van der Waals surface area (Å²) in [6.07, 6.45) is 3.57. The normalized spacial score (nSPS) is 16.7. The largest absolute Gasteiger partial charge is 0.496 e. The number of benzene rings is 3. The zero-order valence-corrected chi connectivity index (χ0v) is 25.2. The Morgan fingerprint density at radius 1 is 1.07 bits per heavy atom. The number of methoxy groups -OCH3 is 1. The predicted molar refractivity (Wildman–Crippen MR) is 166 cm³/mol. The zero-order chi connectivity index (χ0) is 28.4. The van der Waals surface area contributed by atoms with E-state index >= 15 is 0 Å². The van der Waals surface area contributed by atoms with E-state index in [0.717, 1.165) is 42.4 Å². The van der Waals surface area contributed by atoms with Gasteiger partial charge in [-0.2, -0.15) is 0 Å². The Hall–Kier alpha value is -3.17. The molecule has 3 N–H and O–H groups in total. The van der Waals surface area contributed by atoms with Gasteiger partial charge in [-0.3, -0.25) is 9.59 Å². The first kappa shape index (κ1) is 30.8. The molecule has 1 fully saturated rings. The number of carbonyl (C=O) groups is 2. The van der Waals surface area contributed by atoms with E-state index in [1.807, 2.05) is 42.3 Å². The van der Waals surface area contributed by atoms with Gasteiger partial charge >= 0.3 is 0 Å². The lowest BCUT2D eigenvalue weighted by Gasteiger charge is -2.37. The van der Waals surface area contributed by atoms with Gasteiger partial charge in [-0.25, -0.2) is 4.39 Å². The van der Waals surface area contributed by atoms with Crippen molar-refractivity contribution in [2.24, 2.45) is 5.73 Å². The number of primary amides is 1. The summed E-state index contributed by atoms with van der Waals surface area (Å²) in [4.78, 5) is 27.9. The van der Waals surface area contributed by atoms with E-state index in [1.54, 1.807) is 31.4 Å². The number of nitrogens with zero attached hydrogens (tertiary/aromatic N) is 1. The zero-order valence-electron chi connectivity index (χ0n) is 22.8. The van der Waals surface area contributed by atoms with Crippen molar-refractivity contribution in [3.05, 3.63) is 87.5 Å². The smallest absolute Gasteiger partial charge is 0.266 e. The van der Waals surface area contributed by atoms with Crippen LogP contribution >= 0.6 is 35.3 Å². The van der Waals surface area contributed by atoms with Gasteiger partial charge in [-0.15, -0.1) is 23.7 Å². The Kier molecular flexibility index (Phi) is 9.92. The van der Waals surface area contributed by atoms with Gasteiger partial charge in [0.25, 0.3) is 5.91 Å². The molecule has 0 unspecified atom stereocenters. The van der Waals surface area contributed by atoms with Crippen LogP contribution in [0.25, 0.3) is 21.2 Å². The molecule has 5 rings (SSSR count). The highest BCUT2D eigenvalue weighted by Gasteiger charge is 2.32. The second-order valence-corrected chi connectivity index (χ2v) is 11.5. The van der Waals surface area contributed by atoms with Crippen molar-refractivity contribution in [2.45, 2.75) is 44.3 Å². The minimum atomic E-state index is -0.483. The standard InChI is InChI=1S/C31H31ClFN3O3S.ClH/c1-35-22-11-13-23(14-12-22)36(31(38)29-28(32)27-24(33)4-3-5-26(27)40-29)17-21-16-20(10-15-25(21)39-2)18-6-8-19(9-7-18)30(34)37;/h3-10,15-16,22-23,35H,11-14,17H2,1-2H3,(H2,34,37);1H. The lowest BCUT2D eigenvalue weighted by atomic mass is 9.89. The second-order valence-electron chi connectivity index (χ2n) is 10.1. The molecule has 1 heterocycles. The van der Waals surface area contributed by atoms with E-state index in [0.29, 0.717) is 33.5 Å². The highest BCUT2D eigenvalue weighted by atomic mass is 35.5. The third-order valence-electron chi connectivity index (χ3n) is 7.73. The highest BCUT2D eigenvalue weighted by Crippen LogP contribution is 2.39. The fraction of sp³-hybridized carbons (Fsp3) is 0.290. The van der Waals surface area contributed by atoms with Crippen LogP contribution in [0.2, 0.25) is 5.02 Å². The van der Waals surface area contributed by atoms with Crippen LogP contribution in [0.15, 0.2) is 60.7 Å². The first-order chi connectivity index (χ1) is 19.3. The summed E-state index contributed by atoms with van der Waals surface area (Å²) in [6.45, 7) is 0.303. The van der Waals surface area contributed by atoms with Gasteiger partial charge in [0.05, 0.1) is 12.1 Å². The molecule has 216 valence electrons. The number of halogens is 3. The lowest BCUT2D eigenvalue weighted by molar-refractivity contribution is 0.0604. The van der Waals surface area contributed by atoms with Crippen LogP contribution in [-0.4, -0.2) is 43.0 Å². The van der Waals surface area contributed by atoms with Crippen molar-refractivity contribution in [2.75, 3.05) is 14.2 Å². The predicted octanol–water partition coefficient (Wildman–Crippen LogP) is 7.06. The number of amides is 2. The van der Waals surface area contributed by atoms with Crippen molar-refractivity contribution >= 4 is 57.2 Å². The van der Waals surface area contributed by atoms with Crippen molar-refractivity contribution in [1.82, 2.24) is 10.2 Å². The fourth-order valence-corrected chi connectivity index (χ4v) is 6.98. The van der Waals surface area contributed by atoms with Gasteiger partial charge in [0, 0.05) is 39.8 Å². The summed E-state index contributed by atoms with van der Waals surface area (Å²) >= 11 is 7.87. The molecule has 10 heteroatoms. The van der Waals surface area contributed by atoms with E-state index in [2.05, 4.69) is 5.32 Å². The maximum absolute atomic E-state index is 14.6. The molecule has 6 nitrogen and oxygen atoms in total. The van der Waals surface area contributed by atoms with E-state index in [1.165, 1.54) is 17.4 Å². The summed E-state index contributed by atoms with van der Waals surface area (Å²) in [5.41, 5.74) is 8.50. The Bertz CT molecular complexity index is 1550. The summed E-state index contributed by atoms with van der Waals surface area (Å²) in [5, 5.41) is 3.80. The fourth-order valence-electron chi connectivity index (χ4n) is 5.47. The molecule has 1 aromatic heterocycles. The first-order valence-corrected chi connectivity index (χ1v) is 14.4. The molecule has 0 saturated heterocycles. The van der Waals surface area contributed by atoms with Gasteiger partial charge in [0.1, 0.15) is 16.4 Å². The van der Waals surface area contributed by atoms with Crippen LogP contribution < -0.4 is 15.8 Å². The highest BCUT2D eigenvalue weighted by molar-refractivity contribution is 7.21. The Balaban J connectivity index is 0.00000387. The number of hydrogen-bond acceptors (Lipinski definition) is 5. The number of rotatable bonds is 8. The Morgan fingerprint density at radius 2 is 1.76 bits per heavy atom. The van der Waals surface area contributed by atoms with Crippen LogP contribution in [0, 0.1) is 5.82 Å². The Labute approximate surface area is 254 Å². The maximum atomic E-state index is 14.6. The molecule has 0 bridgehead atoms.